The maximum absolute atomic E-state index is 10.6. The molecule has 2 N–H and O–H groups in total. The van der Waals surface area contributed by atoms with Crippen LogP contribution in [0.15, 0.2) is 70.1 Å². The van der Waals surface area contributed by atoms with Gasteiger partial charge in [-0.25, -0.2) is 0 Å². The first-order valence-electron chi connectivity index (χ1n) is 10.6. The van der Waals surface area contributed by atoms with Gasteiger partial charge in [0.25, 0.3) is 0 Å². The molecule has 1 aliphatic rings. The molecule has 6 heteroatoms. The van der Waals surface area contributed by atoms with Crippen molar-refractivity contribution < 1.29 is 14.6 Å². The summed E-state index contributed by atoms with van der Waals surface area (Å²) in [6.45, 7) is 2.15. The summed E-state index contributed by atoms with van der Waals surface area (Å²) in [5.74, 6) is 1.59. The molecule has 0 aromatic heterocycles. The van der Waals surface area contributed by atoms with Gasteiger partial charge in [0.05, 0.1) is 14.2 Å². The zero-order valence-corrected chi connectivity index (χ0v) is 20.0. The van der Waals surface area contributed by atoms with Crippen LogP contribution in [0.4, 0.5) is 0 Å². The molecule has 32 heavy (non-hydrogen) atoms. The molecule has 0 fully saturated rings. The van der Waals surface area contributed by atoms with Crippen LogP contribution in [0, 0.1) is 0 Å². The molecule has 1 heterocycles. The molecule has 0 unspecified atom stereocenters. The van der Waals surface area contributed by atoms with Crippen molar-refractivity contribution in [3.63, 3.8) is 0 Å². The maximum Gasteiger partial charge on any atom is 0.161 e. The first kappa shape index (κ1) is 22.4. The van der Waals surface area contributed by atoms with Crippen molar-refractivity contribution in [1.29, 1.82) is 0 Å². The Hall–Kier alpha value is -2.83. The van der Waals surface area contributed by atoms with E-state index in [0.717, 1.165) is 33.3 Å². The molecule has 0 saturated heterocycles. The molecule has 166 valence electrons. The van der Waals surface area contributed by atoms with E-state index >= 15 is 0 Å². The molecule has 0 bridgehead atoms. The van der Waals surface area contributed by atoms with E-state index in [9.17, 15) is 5.11 Å². The fourth-order valence-corrected chi connectivity index (χ4v) is 4.39. The molecule has 4 rings (SSSR count). The second kappa shape index (κ2) is 9.76. The van der Waals surface area contributed by atoms with Crippen LogP contribution in [0.3, 0.4) is 0 Å². The summed E-state index contributed by atoms with van der Waals surface area (Å²) in [4.78, 5) is 5.05. The largest absolute Gasteiger partial charge is 0.508 e. The standard InChI is InChI=1S/C26H27BrN2O3/c1-4-16-5-7-17(8-6-16)21-15-22(20-14-19(27)10-11-23(20)30)29-26(28-21)18-9-12-24(31-2)25(13-18)32-3/h5-14,22,26,29-30H,4,15H2,1-3H3/t22-,26-/m1/s1. The lowest BCUT2D eigenvalue weighted by Crippen LogP contribution is -2.33. The SMILES string of the molecule is CCc1ccc(C2=N[C@@H](c3ccc(OC)c(OC)c3)N[C@@H](c3cc(Br)ccc3O)C2)cc1. The number of benzene rings is 3. The number of aromatic hydroxyl groups is 1. The van der Waals surface area contributed by atoms with Crippen molar-refractivity contribution in [2.24, 2.45) is 4.99 Å². The molecule has 0 aliphatic carbocycles. The monoisotopic (exact) mass is 494 g/mol. The average Bonchev–Trinajstić information content (AvgIpc) is 2.84. The van der Waals surface area contributed by atoms with Gasteiger partial charge in [0.1, 0.15) is 11.9 Å². The van der Waals surface area contributed by atoms with Gasteiger partial charge in [0, 0.05) is 28.2 Å². The van der Waals surface area contributed by atoms with Gasteiger partial charge in [-0.2, -0.15) is 0 Å². The van der Waals surface area contributed by atoms with Crippen LogP contribution < -0.4 is 14.8 Å². The van der Waals surface area contributed by atoms with Crippen molar-refractivity contribution >= 4 is 21.6 Å². The third kappa shape index (κ3) is 4.66. The van der Waals surface area contributed by atoms with Crippen molar-refractivity contribution in [2.75, 3.05) is 14.2 Å². The van der Waals surface area contributed by atoms with Gasteiger partial charge in [0.2, 0.25) is 0 Å². The predicted octanol–water partition coefficient (Wildman–Crippen LogP) is 5.96. The van der Waals surface area contributed by atoms with Gasteiger partial charge in [-0.15, -0.1) is 0 Å². The lowest BCUT2D eigenvalue weighted by Gasteiger charge is -2.31. The van der Waals surface area contributed by atoms with Crippen LogP contribution in [0.2, 0.25) is 0 Å². The van der Waals surface area contributed by atoms with Gasteiger partial charge in [-0.05, 0) is 53.4 Å². The number of hydrogen-bond acceptors (Lipinski definition) is 5. The van der Waals surface area contributed by atoms with Crippen LogP contribution in [-0.2, 0) is 6.42 Å². The molecular formula is C26H27BrN2O3. The number of aliphatic imine (C=N–C) groups is 1. The molecule has 0 saturated carbocycles. The van der Waals surface area contributed by atoms with Crippen LogP contribution in [-0.4, -0.2) is 25.0 Å². The summed E-state index contributed by atoms with van der Waals surface area (Å²) in [5, 5.41) is 14.2. The topological polar surface area (TPSA) is 63.1 Å². The number of phenolic OH excluding ortho intramolecular Hbond substituents is 1. The van der Waals surface area contributed by atoms with E-state index in [0.29, 0.717) is 17.9 Å². The summed E-state index contributed by atoms with van der Waals surface area (Å²) in [7, 11) is 3.25. The molecule has 3 aromatic rings. The Kier molecular flexibility index (Phi) is 6.82. The zero-order chi connectivity index (χ0) is 22.7. The van der Waals surface area contributed by atoms with Gasteiger partial charge in [-0.1, -0.05) is 53.2 Å². The smallest absolute Gasteiger partial charge is 0.161 e. The fraction of sp³-hybridized carbons (Fsp3) is 0.269. The minimum Gasteiger partial charge on any atom is -0.508 e. The summed E-state index contributed by atoms with van der Waals surface area (Å²) in [6, 6.07) is 19.8. The molecule has 0 spiro atoms. The lowest BCUT2D eigenvalue weighted by atomic mass is 9.93. The molecule has 1 aliphatic heterocycles. The maximum atomic E-state index is 10.6. The Labute approximate surface area is 197 Å². The Bertz CT molecular complexity index is 1130. The lowest BCUT2D eigenvalue weighted by molar-refractivity contribution is 0.353. The van der Waals surface area contributed by atoms with E-state index in [1.54, 1.807) is 20.3 Å². The minimum absolute atomic E-state index is 0.107. The summed E-state index contributed by atoms with van der Waals surface area (Å²) in [5.41, 5.74) is 5.18. The minimum atomic E-state index is -0.298. The third-order valence-corrected chi connectivity index (χ3v) is 6.32. The Balaban J connectivity index is 1.77. The van der Waals surface area contributed by atoms with E-state index in [1.807, 2.05) is 30.3 Å². The number of hydrogen-bond donors (Lipinski definition) is 2. The number of nitrogens with one attached hydrogen (secondary N) is 1. The van der Waals surface area contributed by atoms with E-state index in [4.69, 9.17) is 14.5 Å². The second-order valence-electron chi connectivity index (χ2n) is 7.77. The Morgan fingerprint density at radius 3 is 2.44 bits per heavy atom. The number of ether oxygens (including phenoxy) is 2. The van der Waals surface area contributed by atoms with Crippen LogP contribution in [0.5, 0.6) is 17.2 Å². The Morgan fingerprint density at radius 2 is 1.75 bits per heavy atom. The predicted molar refractivity (Wildman–Crippen MR) is 131 cm³/mol. The summed E-state index contributed by atoms with van der Waals surface area (Å²) < 4.78 is 11.8. The number of halogens is 1. The van der Waals surface area contributed by atoms with E-state index < -0.39 is 0 Å². The van der Waals surface area contributed by atoms with E-state index in [1.165, 1.54) is 5.56 Å². The number of methoxy groups -OCH3 is 2. The van der Waals surface area contributed by atoms with Crippen molar-refractivity contribution in [2.45, 2.75) is 32.0 Å². The van der Waals surface area contributed by atoms with Crippen molar-refractivity contribution in [3.8, 4) is 17.2 Å². The highest BCUT2D eigenvalue weighted by Gasteiger charge is 2.28. The highest BCUT2D eigenvalue weighted by molar-refractivity contribution is 9.10. The second-order valence-corrected chi connectivity index (χ2v) is 8.69. The molecule has 5 nitrogen and oxygen atoms in total. The molecule has 2 atom stereocenters. The number of nitrogens with zero attached hydrogens (tertiary/aromatic N) is 1. The van der Waals surface area contributed by atoms with Gasteiger partial charge >= 0.3 is 0 Å². The molecule has 3 aromatic carbocycles. The summed E-state index contributed by atoms with van der Waals surface area (Å²) in [6.07, 6.45) is 1.36. The Morgan fingerprint density at radius 1 is 1.00 bits per heavy atom. The molecule has 0 amide bonds. The highest BCUT2D eigenvalue weighted by atomic mass is 79.9. The number of phenols is 1. The van der Waals surface area contributed by atoms with Gasteiger partial charge < -0.3 is 14.6 Å². The number of aryl methyl sites for hydroxylation is 1. The average molecular weight is 495 g/mol. The summed E-state index contributed by atoms with van der Waals surface area (Å²) >= 11 is 3.53. The van der Waals surface area contributed by atoms with Crippen molar-refractivity contribution in [1.82, 2.24) is 5.32 Å². The van der Waals surface area contributed by atoms with Crippen LogP contribution >= 0.6 is 15.9 Å². The normalized spacial score (nSPS) is 18.2. The quantitative estimate of drug-likeness (QED) is 0.443. The fourth-order valence-electron chi connectivity index (χ4n) is 4.01. The highest BCUT2D eigenvalue weighted by Crippen LogP contribution is 2.37. The number of rotatable bonds is 6. The molecular weight excluding hydrogens is 468 g/mol. The van der Waals surface area contributed by atoms with Crippen LogP contribution in [0.1, 0.15) is 47.8 Å². The zero-order valence-electron chi connectivity index (χ0n) is 18.4. The third-order valence-electron chi connectivity index (χ3n) is 5.83. The van der Waals surface area contributed by atoms with E-state index in [2.05, 4.69) is 52.4 Å². The first-order chi connectivity index (χ1) is 15.5. The first-order valence-corrected chi connectivity index (χ1v) is 11.4. The van der Waals surface area contributed by atoms with Gasteiger partial charge in [0.15, 0.2) is 11.5 Å². The van der Waals surface area contributed by atoms with Crippen molar-refractivity contribution in [3.05, 3.63) is 87.4 Å². The van der Waals surface area contributed by atoms with Crippen LogP contribution in [0.25, 0.3) is 0 Å². The van der Waals surface area contributed by atoms with Gasteiger partial charge in [-0.3, -0.25) is 10.3 Å². The molecule has 0 radical (unpaired) electrons. The van der Waals surface area contributed by atoms with E-state index in [-0.39, 0.29) is 18.0 Å².